The fourth-order valence-electron chi connectivity index (χ4n) is 2.11. The van der Waals surface area contributed by atoms with Crippen molar-refractivity contribution >= 4 is 18.3 Å². The van der Waals surface area contributed by atoms with E-state index < -0.39 is 11.7 Å². The van der Waals surface area contributed by atoms with Gasteiger partial charge < -0.3 is 15.4 Å². The van der Waals surface area contributed by atoms with E-state index in [0.717, 1.165) is 12.1 Å². The zero-order valence-electron chi connectivity index (χ0n) is 11.8. The highest BCUT2D eigenvalue weighted by Crippen LogP contribution is 2.29. The number of morpholine rings is 1. The summed E-state index contributed by atoms with van der Waals surface area (Å²) in [6.07, 6.45) is -4.12. The molecular weight excluding hydrogens is 321 g/mol. The van der Waals surface area contributed by atoms with Crippen molar-refractivity contribution in [1.82, 2.24) is 10.6 Å². The van der Waals surface area contributed by atoms with Gasteiger partial charge in [0.15, 0.2) is 0 Å². The van der Waals surface area contributed by atoms with Crippen molar-refractivity contribution in [2.75, 3.05) is 19.8 Å². The summed E-state index contributed by atoms with van der Waals surface area (Å²) in [6.45, 7) is 1.88. The highest BCUT2D eigenvalue weighted by molar-refractivity contribution is 5.85. The molecule has 1 aromatic carbocycles. The van der Waals surface area contributed by atoms with Crippen LogP contribution in [0.25, 0.3) is 0 Å². The Kier molecular flexibility index (Phi) is 7.12. The van der Waals surface area contributed by atoms with Crippen molar-refractivity contribution in [1.29, 1.82) is 0 Å². The van der Waals surface area contributed by atoms with Gasteiger partial charge in [0.25, 0.3) is 0 Å². The van der Waals surface area contributed by atoms with E-state index in [1.807, 2.05) is 0 Å². The van der Waals surface area contributed by atoms with E-state index in [0.29, 0.717) is 25.3 Å². The van der Waals surface area contributed by atoms with Crippen LogP contribution >= 0.6 is 12.4 Å². The van der Waals surface area contributed by atoms with Crippen molar-refractivity contribution in [2.45, 2.75) is 25.2 Å². The molecule has 0 saturated carbocycles. The molecule has 1 heterocycles. The number of ether oxygens (including phenoxy) is 1. The summed E-state index contributed by atoms with van der Waals surface area (Å²) < 4.78 is 42.9. The summed E-state index contributed by atoms with van der Waals surface area (Å²) in [5.74, 6) is -0.213. The van der Waals surface area contributed by atoms with Gasteiger partial charge in [0, 0.05) is 25.6 Å². The minimum Gasteiger partial charge on any atom is -0.378 e. The van der Waals surface area contributed by atoms with Gasteiger partial charge >= 0.3 is 6.18 Å². The third-order valence-corrected chi connectivity index (χ3v) is 3.17. The quantitative estimate of drug-likeness (QED) is 0.884. The first-order valence-electron chi connectivity index (χ1n) is 6.69. The zero-order valence-corrected chi connectivity index (χ0v) is 12.6. The van der Waals surface area contributed by atoms with Gasteiger partial charge in [-0.3, -0.25) is 4.79 Å². The molecule has 0 bridgehead atoms. The number of carbonyl (C=O) groups is 1. The Labute approximate surface area is 132 Å². The van der Waals surface area contributed by atoms with E-state index in [1.165, 1.54) is 6.07 Å². The number of rotatable bonds is 4. The lowest BCUT2D eigenvalue weighted by Gasteiger charge is -2.23. The normalized spacial score (nSPS) is 18.4. The fraction of sp³-hybridized carbons (Fsp3) is 0.500. The molecule has 124 valence electrons. The molecule has 1 aliphatic heterocycles. The minimum absolute atomic E-state index is 0. The lowest BCUT2D eigenvalue weighted by Crippen LogP contribution is -2.44. The summed E-state index contributed by atoms with van der Waals surface area (Å²) in [6, 6.07) is 4.90. The number of benzene rings is 1. The summed E-state index contributed by atoms with van der Waals surface area (Å²) in [5.41, 5.74) is -0.289. The van der Waals surface area contributed by atoms with Crippen LogP contribution in [0.3, 0.4) is 0 Å². The summed E-state index contributed by atoms with van der Waals surface area (Å²) >= 11 is 0. The molecule has 1 amide bonds. The summed E-state index contributed by atoms with van der Waals surface area (Å²) in [7, 11) is 0. The van der Waals surface area contributed by atoms with Crippen LogP contribution in [0.2, 0.25) is 0 Å². The molecule has 22 heavy (non-hydrogen) atoms. The largest absolute Gasteiger partial charge is 0.416 e. The third-order valence-electron chi connectivity index (χ3n) is 3.17. The van der Waals surface area contributed by atoms with Crippen LogP contribution in [0.4, 0.5) is 13.2 Å². The van der Waals surface area contributed by atoms with Gasteiger partial charge in [-0.05, 0) is 17.7 Å². The second kappa shape index (κ2) is 8.36. The number of halogens is 4. The Morgan fingerprint density at radius 3 is 2.82 bits per heavy atom. The summed E-state index contributed by atoms with van der Waals surface area (Å²) in [4.78, 5) is 11.7. The fourth-order valence-corrected chi connectivity index (χ4v) is 2.11. The van der Waals surface area contributed by atoms with E-state index in [2.05, 4.69) is 10.6 Å². The van der Waals surface area contributed by atoms with Crippen molar-refractivity contribution in [3.63, 3.8) is 0 Å². The average Bonchev–Trinajstić information content (AvgIpc) is 2.46. The van der Waals surface area contributed by atoms with Gasteiger partial charge in [0.05, 0.1) is 18.8 Å². The number of hydrogen-bond donors (Lipinski definition) is 2. The smallest absolute Gasteiger partial charge is 0.378 e. The van der Waals surface area contributed by atoms with Crippen molar-refractivity contribution in [3.8, 4) is 0 Å². The second-order valence-electron chi connectivity index (χ2n) is 4.90. The molecule has 4 nitrogen and oxygen atoms in total. The van der Waals surface area contributed by atoms with Gasteiger partial charge in [-0.15, -0.1) is 12.4 Å². The first-order valence-corrected chi connectivity index (χ1v) is 6.69. The van der Waals surface area contributed by atoms with Gasteiger partial charge in [0.2, 0.25) is 5.91 Å². The van der Waals surface area contributed by atoms with Crippen LogP contribution in [0, 0.1) is 0 Å². The van der Waals surface area contributed by atoms with E-state index in [4.69, 9.17) is 4.74 Å². The van der Waals surface area contributed by atoms with Crippen molar-refractivity contribution in [2.24, 2.45) is 0 Å². The lowest BCUT2D eigenvalue weighted by atomic mass is 10.1. The molecule has 0 aromatic heterocycles. The third kappa shape index (κ3) is 5.82. The average molecular weight is 339 g/mol. The van der Waals surface area contributed by atoms with Crippen LogP contribution in [-0.2, 0) is 22.3 Å². The van der Waals surface area contributed by atoms with Crippen LogP contribution in [-0.4, -0.2) is 31.7 Å². The van der Waals surface area contributed by atoms with Crippen LogP contribution < -0.4 is 10.6 Å². The molecule has 1 aromatic rings. The number of hydrogen-bond acceptors (Lipinski definition) is 3. The Morgan fingerprint density at radius 2 is 2.18 bits per heavy atom. The molecule has 0 spiro atoms. The highest BCUT2D eigenvalue weighted by Gasteiger charge is 2.30. The molecule has 1 atom stereocenters. The SMILES string of the molecule is Cl.O=C(CC1COCCN1)NCc1cccc(C(F)(F)F)c1. The molecule has 1 fully saturated rings. The number of carbonyl (C=O) groups excluding carboxylic acids is 1. The maximum Gasteiger partial charge on any atom is 0.416 e. The maximum absolute atomic E-state index is 12.6. The Morgan fingerprint density at radius 1 is 1.41 bits per heavy atom. The van der Waals surface area contributed by atoms with Crippen LogP contribution in [0.5, 0.6) is 0 Å². The minimum atomic E-state index is -4.37. The number of amides is 1. The second-order valence-corrected chi connectivity index (χ2v) is 4.90. The van der Waals surface area contributed by atoms with Crippen LogP contribution in [0.15, 0.2) is 24.3 Å². The molecule has 2 N–H and O–H groups in total. The molecule has 1 aliphatic rings. The molecule has 1 unspecified atom stereocenters. The molecular formula is C14H18ClF3N2O2. The van der Waals surface area contributed by atoms with Gasteiger partial charge in [-0.25, -0.2) is 0 Å². The van der Waals surface area contributed by atoms with Crippen molar-refractivity contribution in [3.05, 3.63) is 35.4 Å². The molecule has 1 saturated heterocycles. The van der Waals surface area contributed by atoms with Crippen LogP contribution in [0.1, 0.15) is 17.5 Å². The van der Waals surface area contributed by atoms with Gasteiger partial charge in [0.1, 0.15) is 0 Å². The molecule has 2 rings (SSSR count). The van der Waals surface area contributed by atoms with Gasteiger partial charge in [-0.1, -0.05) is 12.1 Å². The Hall–Kier alpha value is -1.31. The lowest BCUT2D eigenvalue weighted by molar-refractivity contribution is -0.137. The van der Waals surface area contributed by atoms with Crippen molar-refractivity contribution < 1.29 is 22.7 Å². The topological polar surface area (TPSA) is 50.4 Å². The summed E-state index contributed by atoms with van der Waals surface area (Å²) in [5, 5.41) is 5.77. The Bertz CT molecular complexity index is 491. The zero-order chi connectivity index (χ0) is 15.3. The monoisotopic (exact) mass is 338 g/mol. The van der Waals surface area contributed by atoms with E-state index >= 15 is 0 Å². The predicted octanol–water partition coefficient (Wildman–Crippen LogP) is 2.12. The standard InChI is InChI=1S/C14H17F3N2O2.ClH/c15-14(16,17)11-3-1-2-10(6-11)8-19-13(20)7-12-9-21-5-4-18-12;/h1-3,6,12,18H,4-5,7-9H2,(H,19,20);1H. The molecule has 0 aliphatic carbocycles. The highest BCUT2D eigenvalue weighted by atomic mass is 35.5. The maximum atomic E-state index is 12.6. The van der Waals surface area contributed by atoms with Gasteiger partial charge in [-0.2, -0.15) is 13.2 Å². The Balaban J connectivity index is 0.00000242. The first-order chi connectivity index (χ1) is 9.95. The number of alkyl halides is 3. The van der Waals surface area contributed by atoms with E-state index in [-0.39, 0.29) is 37.3 Å². The predicted molar refractivity (Wildman–Crippen MR) is 77.8 cm³/mol. The molecule has 0 radical (unpaired) electrons. The van der Waals surface area contributed by atoms with E-state index in [1.54, 1.807) is 6.07 Å². The van der Waals surface area contributed by atoms with E-state index in [9.17, 15) is 18.0 Å². The molecule has 8 heteroatoms. The number of nitrogens with one attached hydrogen (secondary N) is 2. The first kappa shape index (κ1) is 18.7.